The summed E-state index contributed by atoms with van der Waals surface area (Å²) in [6.07, 6.45) is 4.98. The number of allylic oxidation sites excluding steroid dienone is 2. The van der Waals surface area contributed by atoms with E-state index in [9.17, 15) is 0 Å². The van der Waals surface area contributed by atoms with E-state index in [1.165, 1.54) is 75.4 Å². The van der Waals surface area contributed by atoms with Gasteiger partial charge < -0.3 is 0 Å². The van der Waals surface area contributed by atoms with E-state index >= 15 is 0 Å². The Morgan fingerprint density at radius 2 is 1.55 bits per heavy atom. The molecular weight excluding hydrogens is 400 g/mol. The van der Waals surface area contributed by atoms with Crippen LogP contribution in [0.1, 0.15) is 48.1 Å². The molecule has 4 bridgehead atoms. The van der Waals surface area contributed by atoms with Gasteiger partial charge in [0.15, 0.2) is 0 Å². The normalized spacial score (nSPS) is 26.1. The van der Waals surface area contributed by atoms with Crippen LogP contribution in [0.2, 0.25) is 0 Å². The monoisotopic (exact) mass is 424 g/mol. The molecule has 2 aromatic heterocycles. The predicted octanol–water partition coefficient (Wildman–Crippen LogP) is 7.31. The molecule has 12 rings (SSSR count). The second-order valence-corrected chi connectivity index (χ2v) is 11.1. The maximum absolute atomic E-state index is 5.49. The summed E-state index contributed by atoms with van der Waals surface area (Å²) < 4.78 is 2.61. The highest BCUT2D eigenvalue weighted by molar-refractivity contribution is 6.15. The van der Waals surface area contributed by atoms with E-state index in [-0.39, 0.29) is 10.8 Å². The zero-order valence-electron chi connectivity index (χ0n) is 19.0. The minimum Gasteiger partial charge on any atom is -0.295 e. The molecule has 7 aliphatic rings. The first-order valence-corrected chi connectivity index (χ1v) is 12.3. The lowest BCUT2D eigenvalue weighted by molar-refractivity contribution is 0.0638. The van der Waals surface area contributed by atoms with Gasteiger partial charge in [-0.25, -0.2) is 4.98 Å². The SMILES string of the molecule is Cc1cccc(-c2nc3c4ccccc4c4c(C)ccc5c4n3c2C23CC(=C4CC52C4)C3)c1. The number of pyridine rings is 1. The zero-order valence-corrected chi connectivity index (χ0v) is 19.0. The van der Waals surface area contributed by atoms with Crippen molar-refractivity contribution in [2.75, 3.05) is 0 Å². The van der Waals surface area contributed by atoms with Gasteiger partial charge in [-0.2, -0.15) is 0 Å². The Bertz CT molecular complexity index is 1780. The number of hydrogen-bond acceptors (Lipinski definition) is 1. The number of aryl methyl sites for hydroxylation is 2. The van der Waals surface area contributed by atoms with Crippen molar-refractivity contribution in [3.05, 3.63) is 94.2 Å². The van der Waals surface area contributed by atoms with Crippen LogP contribution in [0.3, 0.4) is 0 Å². The second kappa shape index (κ2) is 5.07. The first-order valence-electron chi connectivity index (χ1n) is 12.3. The highest BCUT2D eigenvalue weighted by Crippen LogP contribution is 2.76. The quantitative estimate of drug-likeness (QED) is 0.204. The third kappa shape index (κ3) is 1.63. The van der Waals surface area contributed by atoms with Crippen molar-refractivity contribution in [1.82, 2.24) is 9.38 Å². The second-order valence-electron chi connectivity index (χ2n) is 11.1. The van der Waals surface area contributed by atoms with Crippen molar-refractivity contribution < 1.29 is 0 Å². The van der Waals surface area contributed by atoms with Crippen LogP contribution < -0.4 is 0 Å². The van der Waals surface area contributed by atoms with Crippen LogP contribution in [0.4, 0.5) is 0 Å². The van der Waals surface area contributed by atoms with Gasteiger partial charge in [-0.15, -0.1) is 0 Å². The molecule has 0 amide bonds. The number of aromatic nitrogens is 2. The van der Waals surface area contributed by atoms with Crippen LogP contribution in [-0.4, -0.2) is 9.38 Å². The molecular formula is C31H24N2. The Morgan fingerprint density at radius 1 is 0.788 bits per heavy atom. The molecule has 0 atom stereocenters. The predicted molar refractivity (Wildman–Crippen MR) is 134 cm³/mol. The van der Waals surface area contributed by atoms with E-state index in [0.717, 1.165) is 5.65 Å². The van der Waals surface area contributed by atoms with E-state index in [0.29, 0.717) is 0 Å². The third-order valence-corrected chi connectivity index (χ3v) is 9.66. The molecule has 6 aliphatic carbocycles. The molecule has 3 heterocycles. The van der Waals surface area contributed by atoms with Crippen LogP contribution in [-0.2, 0) is 10.8 Å². The molecule has 33 heavy (non-hydrogen) atoms. The molecule has 0 unspecified atom stereocenters. The summed E-state index contributed by atoms with van der Waals surface area (Å²) in [5.41, 5.74) is 14.8. The van der Waals surface area contributed by atoms with Crippen molar-refractivity contribution in [3.63, 3.8) is 0 Å². The van der Waals surface area contributed by atoms with Gasteiger partial charge in [0.25, 0.3) is 0 Å². The number of fused-ring (bicyclic) bond motifs is 3. The van der Waals surface area contributed by atoms with Crippen molar-refractivity contribution in [2.45, 2.75) is 50.4 Å². The summed E-state index contributed by atoms with van der Waals surface area (Å²) in [5.74, 6) is 0. The van der Waals surface area contributed by atoms with E-state index < -0.39 is 0 Å². The van der Waals surface area contributed by atoms with E-state index in [1.807, 2.05) is 0 Å². The Labute approximate surface area is 192 Å². The third-order valence-electron chi connectivity index (χ3n) is 9.66. The minimum atomic E-state index is 0.195. The number of hydrogen-bond donors (Lipinski definition) is 0. The fourth-order valence-electron chi connectivity index (χ4n) is 8.17. The van der Waals surface area contributed by atoms with Crippen LogP contribution in [0.15, 0.2) is 71.8 Å². The largest absolute Gasteiger partial charge is 0.295 e. The topological polar surface area (TPSA) is 17.3 Å². The van der Waals surface area contributed by atoms with Gasteiger partial charge in [-0.1, -0.05) is 71.3 Å². The van der Waals surface area contributed by atoms with Gasteiger partial charge >= 0.3 is 0 Å². The molecule has 2 saturated carbocycles. The molecule has 0 radical (unpaired) electrons. The highest BCUT2D eigenvalue weighted by atomic mass is 15.1. The molecule has 158 valence electrons. The lowest BCUT2D eigenvalue weighted by atomic mass is 9.33. The van der Waals surface area contributed by atoms with Gasteiger partial charge in [0.1, 0.15) is 5.65 Å². The summed E-state index contributed by atoms with van der Waals surface area (Å²) in [4.78, 5) is 5.49. The van der Waals surface area contributed by atoms with Gasteiger partial charge in [-0.3, -0.25) is 4.40 Å². The van der Waals surface area contributed by atoms with E-state index in [4.69, 9.17) is 4.98 Å². The Kier molecular flexibility index (Phi) is 2.63. The molecule has 1 aliphatic heterocycles. The van der Waals surface area contributed by atoms with E-state index in [1.54, 1.807) is 16.7 Å². The summed E-state index contributed by atoms with van der Waals surface area (Å²) in [6.45, 7) is 4.48. The lowest BCUT2D eigenvalue weighted by Gasteiger charge is -2.70. The maximum Gasteiger partial charge on any atom is 0.146 e. The van der Waals surface area contributed by atoms with Gasteiger partial charge in [0, 0.05) is 27.2 Å². The Morgan fingerprint density at radius 3 is 2.33 bits per heavy atom. The Balaban J connectivity index is 1.59. The van der Waals surface area contributed by atoms with Crippen molar-refractivity contribution >= 4 is 27.3 Å². The molecule has 0 N–H and O–H groups in total. The molecule has 2 spiro atoms. The van der Waals surface area contributed by atoms with Crippen molar-refractivity contribution in [2.24, 2.45) is 0 Å². The number of nitrogens with zero attached hydrogens (tertiary/aromatic N) is 2. The molecule has 2 heteroatoms. The first-order chi connectivity index (χ1) is 16.1. The average molecular weight is 425 g/mol. The summed E-state index contributed by atoms with van der Waals surface area (Å²) in [6, 6.07) is 22.8. The molecule has 3 aromatic carbocycles. The summed E-state index contributed by atoms with van der Waals surface area (Å²) in [7, 11) is 0. The van der Waals surface area contributed by atoms with Crippen LogP contribution >= 0.6 is 0 Å². The maximum atomic E-state index is 5.49. The zero-order chi connectivity index (χ0) is 21.7. The van der Waals surface area contributed by atoms with Crippen molar-refractivity contribution in [1.29, 1.82) is 0 Å². The number of rotatable bonds is 1. The molecule has 5 aromatic rings. The lowest BCUT2D eigenvalue weighted by Crippen LogP contribution is -2.66. The molecule has 0 saturated heterocycles. The van der Waals surface area contributed by atoms with Crippen molar-refractivity contribution in [3.8, 4) is 11.3 Å². The average Bonchev–Trinajstić information content (AvgIpc) is 3.19. The molecule has 2 nitrogen and oxygen atoms in total. The molecule has 2 fully saturated rings. The first kappa shape index (κ1) is 17.1. The standard InChI is InChI=1S/C31H24N2/c1-17-6-5-7-19(12-17)26-28-31-15-21(16-31)20-13-30(31,14-20)24-11-10-18(2)25-22-8-3-4-9-23(22)29(32-26)33(28)27(24)25/h3-12H,13-16H2,1-2H3. The van der Waals surface area contributed by atoms with Gasteiger partial charge in [-0.05, 0) is 62.1 Å². The van der Waals surface area contributed by atoms with E-state index in [2.05, 4.69) is 78.9 Å². The van der Waals surface area contributed by atoms with Crippen LogP contribution in [0.5, 0.6) is 0 Å². The summed E-state index contributed by atoms with van der Waals surface area (Å²) in [5, 5.41) is 4.05. The van der Waals surface area contributed by atoms with Gasteiger partial charge in [0.2, 0.25) is 0 Å². The number of benzene rings is 3. The van der Waals surface area contributed by atoms with Crippen LogP contribution in [0.25, 0.3) is 38.6 Å². The highest BCUT2D eigenvalue weighted by Gasteiger charge is 2.70. The Hall–Kier alpha value is -3.39. The number of imidazole rings is 1. The fourth-order valence-corrected chi connectivity index (χ4v) is 8.17. The minimum absolute atomic E-state index is 0.195. The summed E-state index contributed by atoms with van der Waals surface area (Å²) >= 11 is 0. The fraction of sp³-hybridized carbons (Fsp3) is 0.258. The smallest absolute Gasteiger partial charge is 0.146 e. The van der Waals surface area contributed by atoms with Gasteiger partial charge in [0.05, 0.1) is 16.9 Å². The van der Waals surface area contributed by atoms with Crippen LogP contribution in [0, 0.1) is 13.8 Å².